The summed E-state index contributed by atoms with van der Waals surface area (Å²) >= 11 is 1.41. The van der Waals surface area contributed by atoms with Crippen LogP contribution in [-0.2, 0) is 14.8 Å². The van der Waals surface area contributed by atoms with E-state index in [1.165, 1.54) is 35.6 Å². The standard InChI is InChI=1S/C21H25N3O5S2/c25-20(23-9-11-24(12-10-23)21(26)19-4-2-14-30-19)16-5-7-18(8-6-16)31(27,28)22-15-17-3-1-13-29-17/h2,4-8,14,17,22H,1,3,9-13,15H2/t17-/m0/s1. The number of hydrogen-bond donors (Lipinski definition) is 1. The van der Waals surface area contributed by atoms with Crippen LogP contribution in [-0.4, -0.2) is 75.5 Å². The highest BCUT2D eigenvalue weighted by molar-refractivity contribution is 7.89. The summed E-state index contributed by atoms with van der Waals surface area (Å²) in [5.74, 6) is -0.174. The second-order valence-corrected chi connectivity index (χ2v) is 10.3. The number of nitrogens with one attached hydrogen (secondary N) is 1. The number of thiophene rings is 1. The van der Waals surface area contributed by atoms with Crippen LogP contribution in [0.2, 0.25) is 0 Å². The van der Waals surface area contributed by atoms with E-state index in [0.29, 0.717) is 43.2 Å². The molecule has 0 spiro atoms. The minimum atomic E-state index is -3.65. The Hall–Kier alpha value is -2.27. The quantitative estimate of drug-likeness (QED) is 0.705. The van der Waals surface area contributed by atoms with Gasteiger partial charge < -0.3 is 14.5 Å². The molecule has 0 bridgehead atoms. The van der Waals surface area contributed by atoms with Crippen molar-refractivity contribution in [3.05, 3.63) is 52.2 Å². The van der Waals surface area contributed by atoms with Crippen molar-refractivity contribution in [3.63, 3.8) is 0 Å². The summed E-state index contributed by atoms with van der Waals surface area (Å²) in [5.41, 5.74) is 0.427. The minimum Gasteiger partial charge on any atom is -0.377 e. The number of sulfonamides is 1. The molecule has 8 nitrogen and oxygen atoms in total. The maximum absolute atomic E-state index is 12.8. The van der Waals surface area contributed by atoms with Gasteiger partial charge in [0.2, 0.25) is 10.0 Å². The van der Waals surface area contributed by atoms with Crippen LogP contribution in [0, 0.1) is 0 Å². The van der Waals surface area contributed by atoms with Gasteiger partial charge in [-0.2, -0.15) is 0 Å². The topological polar surface area (TPSA) is 96.0 Å². The van der Waals surface area contributed by atoms with E-state index in [2.05, 4.69) is 4.72 Å². The molecular weight excluding hydrogens is 438 g/mol. The lowest BCUT2D eigenvalue weighted by atomic mass is 10.2. The maximum atomic E-state index is 12.8. The first kappa shape index (κ1) is 21.9. The van der Waals surface area contributed by atoms with E-state index in [-0.39, 0.29) is 29.4 Å². The largest absolute Gasteiger partial charge is 0.377 e. The third-order valence-electron chi connectivity index (χ3n) is 5.52. The fourth-order valence-electron chi connectivity index (χ4n) is 3.72. The number of carbonyl (C=O) groups is 2. The zero-order chi connectivity index (χ0) is 21.8. The molecule has 2 aliphatic heterocycles. The fourth-order valence-corrected chi connectivity index (χ4v) is 5.48. The van der Waals surface area contributed by atoms with Gasteiger partial charge in [0.1, 0.15) is 0 Å². The molecule has 2 fully saturated rings. The highest BCUT2D eigenvalue weighted by Crippen LogP contribution is 2.17. The third kappa shape index (κ3) is 5.15. The Kier molecular flexibility index (Phi) is 6.71. The Bertz CT molecular complexity index is 1010. The van der Waals surface area contributed by atoms with Crippen LogP contribution in [0.15, 0.2) is 46.7 Å². The van der Waals surface area contributed by atoms with E-state index in [4.69, 9.17) is 4.74 Å². The predicted molar refractivity (Wildman–Crippen MR) is 117 cm³/mol. The molecule has 1 aromatic carbocycles. The molecule has 0 radical (unpaired) electrons. The smallest absolute Gasteiger partial charge is 0.264 e. The number of hydrogen-bond acceptors (Lipinski definition) is 6. The van der Waals surface area contributed by atoms with Crippen LogP contribution >= 0.6 is 11.3 Å². The van der Waals surface area contributed by atoms with Crippen LogP contribution in [0.1, 0.15) is 32.9 Å². The maximum Gasteiger partial charge on any atom is 0.264 e. The number of rotatable bonds is 6. The van der Waals surface area contributed by atoms with E-state index in [1.54, 1.807) is 15.9 Å². The molecule has 2 aliphatic rings. The lowest BCUT2D eigenvalue weighted by Crippen LogP contribution is -2.50. The second kappa shape index (κ2) is 9.47. The minimum absolute atomic E-state index is 0.00726. The molecule has 2 aromatic rings. The highest BCUT2D eigenvalue weighted by atomic mass is 32.2. The molecule has 1 aromatic heterocycles. The molecular formula is C21H25N3O5S2. The first-order valence-electron chi connectivity index (χ1n) is 10.3. The van der Waals surface area contributed by atoms with Crippen molar-refractivity contribution in [3.8, 4) is 0 Å². The first-order valence-corrected chi connectivity index (χ1v) is 12.6. The molecule has 31 heavy (non-hydrogen) atoms. The highest BCUT2D eigenvalue weighted by Gasteiger charge is 2.26. The number of amides is 2. The van der Waals surface area contributed by atoms with Gasteiger partial charge >= 0.3 is 0 Å². The number of benzene rings is 1. The number of nitrogens with zero attached hydrogens (tertiary/aromatic N) is 2. The Morgan fingerprint density at radius 3 is 2.29 bits per heavy atom. The van der Waals surface area contributed by atoms with Crippen molar-refractivity contribution < 1.29 is 22.7 Å². The van der Waals surface area contributed by atoms with Crippen LogP contribution in [0.25, 0.3) is 0 Å². The van der Waals surface area contributed by atoms with Gasteiger partial charge in [-0.3, -0.25) is 9.59 Å². The Balaban J connectivity index is 1.32. The van der Waals surface area contributed by atoms with Crippen molar-refractivity contribution in [2.24, 2.45) is 0 Å². The molecule has 166 valence electrons. The van der Waals surface area contributed by atoms with Gasteiger partial charge in [-0.25, -0.2) is 13.1 Å². The summed E-state index contributed by atoms with van der Waals surface area (Å²) in [5, 5.41) is 1.87. The van der Waals surface area contributed by atoms with E-state index < -0.39 is 10.0 Å². The van der Waals surface area contributed by atoms with Crippen molar-refractivity contribution in [2.45, 2.75) is 23.8 Å². The molecule has 0 saturated carbocycles. The summed E-state index contributed by atoms with van der Waals surface area (Å²) in [7, 11) is -3.65. The Morgan fingerprint density at radius 1 is 1.03 bits per heavy atom. The van der Waals surface area contributed by atoms with E-state index >= 15 is 0 Å². The molecule has 0 unspecified atom stereocenters. The Labute approximate surface area is 185 Å². The molecule has 1 N–H and O–H groups in total. The van der Waals surface area contributed by atoms with E-state index in [1.807, 2.05) is 11.4 Å². The molecule has 2 amide bonds. The molecule has 2 saturated heterocycles. The third-order valence-corrected chi connectivity index (χ3v) is 7.82. The molecule has 10 heteroatoms. The van der Waals surface area contributed by atoms with Gasteiger partial charge in [0.25, 0.3) is 11.8 Å². The van der Waals surface area contributed by atoms with Gasteiger partial charge in [-0.05, 0) is 48.6 Å². The average Bonchev–Trinajstić information content (AvgIpc) is 3.51. The van der Waals surface area contributed by atoms with Gasteiger partial charge in [0.05, 0.1) is 15.9 Å². The van der Waals surface area contributed by atoms with Crippen molar-refractivity contribution >= 4 is 33.2 Å². The summed E-state index contributed by atoms with van der Waals surface area (Å²) in [6, 6.07) is 9.61. The molecule has 0 aliphatic carbocycles. The normalized spacial score (nSPS) is 19.5. The number of piperazine rings is 1. The number of ether oxygens (including phenoxy) is 1. The van der Waals surface area contributed by atoms with Crippen molar-refractivity contribution in [2.75, 3.05) is 39.3 Å². The van der Waals surface area contributed by atoms with E-state index in [9.17, 15) is 18.0 Å². The monoisotopic (exact) mass is 463 g/mol. The molecule has 3 heterocycles. The fraction of sp³-hybridized carbons (Fsp3) is 0.429. The lowest BCUT2D eigenvalue weighted by Gasteiger charge is -2.34. The number of carbonyl (C=O) groups excluding carboxylic acids is 2. The van der Waals surface area contributed by atoms with Crippen molar-refractivity contribution in [1.82, 2.24) is 14.5 Å². The zero-order valence-corrected chi connectivity index (χ0v) is 18.7. The molecule has 4 rings (SSSR count). The SMILES string of the molecule is O=C(c1ccc(S(=O)(=O)NC[C@@H]2CCCO2)cc1)N1CCN(C(=O)c2cccs2)CC1. The summed E-state index contributed by atoms with van der Waals surface area (Å²) in [6.45, 7) is 2.75. The van der Waals surface area contributed by atoms with Gasteiger partial charge in [-0.15, -0.1) is 11.3 Å². The average molecular weight is 464 g/mol. The summed E-state index contributed by atoms with van der Waals surface area (Å²) in [4.78, 5) is 29.5. The summed E-state index contributed by atoms with van der Waals surface area (Å²) < 4.78 is 33.0. The predicted octanol–water partition coefficient (Wildman–Crippen LogP) is 1.80. The van der Waals surface area contributed by atoms with Crippen LogP contribution in [0.5, 0.6) is 0 Å². The zero-order valence-electron chi connectivity index (χ0n) is 17.0. The Morgan fingerprint density at radius 2 is 1.71 bits per heavy atom. The second-order valence-electron chi connectivity index (χ2n) is 7.57. The van der Waals surface area contributed by atoms with Crippen molar-refractivity contribution in [1.29, 1.82) is 0 Å². The first-order chi connectivity index (χ1) is 14.9. The van der Waals surface area contributed by atoms with Gasteiger partial charge in [0.15, 0.2) is 0 Å². The van der Waals surface area contributed by atoms with Gasteiger partial charge in [-0.1, -0.05) is 6.07 Å². The van der Waals surface area contributed by atoms with E-state index in [0.717, 1.165) is 12.8 Å². The molecule has 1 atom stereocenters. The van der Waals surface area contributed by atoms with Crippen LogP contribution in [0.4, 0.5) is 0 Å². The van der Waals surface area contributed by atoms with Crippen LogP contribution in [0.3, 0.4) is 0 Å². The van der Waals surface area contributed by atoms with Crippen LogP contribution < -0.4 is 4.72 Å². The lowest BCUT2D eigenvalue weighted by molar-refractivity contribution is 0.0538. The summed E-state index contributed by atoms with van der Waals surface area (Å²) in [6.07, 6.45) is 1.71. The van der Waals surface area contributed by atoms with Gasteiger partial charge in [0, 0.05) is 44.9 Å².